The molecular weight excluding hydrogens is 614 g/mol. The Bertz CT molecular complexity index is 1790. The Morgan fingerprint density at radius 3 is 2.53 bits per heavy atom. The summed E-state index contributed by atoms with van der Waals surface area (Å²) >= 11 is 3.36. The van der Waals surface area contributed by atoms with Crippen molar-refractivity contribution in [2.24, 2.45) is 5.41 Å². The number of likely N-dealkylation sites (tertiary alicyclic amines) is 1. The number of halogens is 1. The first-order valence-corrected chi connectivity index (χ1v) is 14.9. The summed E-state index contributed by atoms with van der Waals surface area (Å²) in [4.78, 5) is 55.0. The highest BCUT2D eigenvalue weighted by Gasteiger charge is 2.64. The summed E-state index contributed by atoms with van der Waals surface area (Å²) in [5.74, 6) is 0.361. The summed E-state index contributed by atoms with van der Waals surface area (Å²) in [5.41, 5.74) is 4.20. The lowest BCUT2D eigenvalue weighted by atomic mass is 10.0. The van der Waals surface area contributed by atoms with Crippen LogP contribution in [-0.4, -0.2) is 66.4 Å². The van der Waals surface area contributed by atoms with Crippen LogP contribution in [-0.2, 0) is 27.5 Å². The number of Topliss-reactive ketones (excluding diaryl/α,β-unsaturated/α-hetero) is 1. The Morgan fingerprint density at radius 2 is 1.84 bits per heavy atom. The zero-order valence-electron chi connectivity index (χ0n) is 24.6. The third-order valence-electron chi connectivity index (χ3n) is 8.50. The number of methoxy groups -OCH3 is 1. The summed E-state index contributed by atoms with van der Waals surface area (Å²) in [6.07, 6.45) is 4.87. The van der Waals surface area contributed by atoms with Crippen LogP contribution in [0.25, 0.3) is 22.0 Å². The first-order valence-electron chi connectivity index (χ1n) is 14.1. The molecule has 3 atom stereocenters. The van der Waals surface area contributed by atoms with Crippen molar-refractivity contribution in [3.05, 3.63) is 63.9 Å². The van der Waals surface area contributed by atoms with E-state index < -0.39 is 6.04 Å². The standard InChI is InChI=1S/C31H32BrN7O4/c1-16-6-7-24(32)35-29(16)36-30(42)22-10-31(4)11-23(31)39(22)26(41)14-38-28-17(2)8-19(9-21(28)27(37-38)18(3)40)20-12-33-25(15-43-5)34-13-20/h6-9,12-13,22-23H,10-11,14-15H2,1-5H3,(H,35,36,42)/t22-,23?,31-/m0/s1. The zero-order chi connectivity index (χ0) is 30.6. The number of amides is 2. The van der Waals surface area contributed by atoms with Crippen LogP contribution in [0.15, 0.2) is 41.3 Å². The number of ether oxygens (including phenoxy) is 1. The van der Waals surface area contributed by atoms with Gasteiger partial charge in [-0.05, 0) is 82.9 Å². The fourth-order valence-corrected chi connectivity index (χ4v) is 6.49. The van der Waals surface area contributed by atoms with Gasteiger partial charge in [0.15, 0.2) is 11.6 Å². The van der Waals surface area contributed by atoms with Gasteiger partial charge in [-0.15, -0.1) is 0 Å². The number of piperidine rings is 1. The largest absolute Gasteiger partial charge is 0.377 e. The van der Waals surface area contributed by atoms with Crippen LogP contribution in [0.2, 0.25) is 0 Å². The normalized spacial score (nSPS) is 20.7. The van der Waals surface area contributed by atoms with E-state index in [4.69, 9.17) is 4.74 Å². The van der Waals surface area contributed by atoms with Crippen LogP contribution in [0, 0.1) is 19.3 Å². The minimum atomic E-state index is -0.626. The maximum absolute atomic E-state index is 13.9. The van der Waals surface area contributed by atoms with E-state index in [9.17, 15) is 14.4 Å². The number of hydrogen-bond donors (Lipinski definition) is 1. The van der Waals surface area contributed by atoms with E-state index in [1.807, 2.05) is 38.1 Å². The van der Waals surface area contributed by atoms with Gasteiger partial charge in [-0.25, -0.2) is 15.0 Å². The molecule has 1 N–H and O–H groups in total. The second-order valence-electron chi connectivity index (χ2n) is 11.8. The van der Waals surface area contributed by atoms with Crippen molar-refractivity contribution in [1.82, 2.24) is 29.6 Å². The lowest BCUT2D eigenvalue weighted by molar-refractivity contribution is -0.138. The van der Waals surface area contributed by atoms with E-state index in [-0.39, 0.29) is 41.3 Å². The van der Waals surface area contributed by atoms with Crippen LogP contribution in [0.4, 0.5) is 5.82 Å². The van der Waals surface area contributed by atoms with Crippen LogP contribution in [0.1, 0.15) is 54.1 Å². The predicted octanol–water partition coefficient (Wildman–Crippen LogP) is 4.63. The van der Waals surface area contributed by atoms with Gasteiger partial charge < -0.3 is 15.0 Å². The van der Waals surface area contributed by atoms with Gasteiger partial charge in [0.25, 0.3) is 0 Å². The Morgan fingerprint density at radius 1 is 1.09 bits per heavy atom. The summed E-state index contributed by atoms with van der Waals surface area (Å²) in [6, 6.07) is 6.90. The second kappa shape index (κ2) is 10.9. The molecule has 2 amide bonds. The van der Waals surface area contributed by atoms with Gasteiger partial charge in [-0.3, -0.25) is 19.1 Å². The number of carbonyl (C=O) groups is 3. The molecule has 1 saturated heterocycles. The fraction of sp³-hybridized carbons (Fsp3) is 0.387. The number of pyridine rings is 1. The van der Waals surface area contributed by atoms with Crippen LogP contribution in [0.3, 0.4) is 0 Å². The number of rotatable bonds is 8. The van der Waals surface area contributed by atoms with E-state index in [1.165, 1.54) is 6.92 Å². The Kier molecular flexibility index (Phi) is 7.37. The topological polar surface area (TPSA) is 132 Å². The number of nitrogens with zero attached hydrogens (tertiary/aromatic N) is 6. The molecule has 1 unspecified atom stereocenters. The molecule has 1 aliphatic heterocycles. The van der Waals surface area contributed by atoms with Gasteiger partial charge in [-0.2, -0.15) is 5.10 Å². The van der Waals surface area contributed by atoms with Gasteiger partial charge in [0.2, 0.25) is 11.8 Å². The summed E-state index contributed by atoms with van der Waals surface area (Å²) in [7, 11) is 1.59. The van der Waals surface area contributed by atoms with E-state index >= 15 is 0 Å². The third kappa shape index (κ3) is 5.33. The molecule has 1 aromatic carbocycles. The minimum Gasteiger partial charge on any atom is -0.377 e. The first-order chi connectivity index (χ1) is 20.5. The van der Waals surface area contributed by atoms with Gasteiger partial charge >= 0.3 is 0 Å². The van der Waals surface area contributed by atoms with E-state index in [1.54, 1.807) is 29.1 Å². The molecule has 2 fully saturated rings. The SMILES string of the molecule is COCc1ncc(-c2cc(C)c3c(c2)c(C(C)=O)nn3CC(=O)N2C3C[C@]3(C)C[C@H]2C(=O)Nc2nc(Br)ccc2C)cn1. The smallest absolute Gasteiger partial charge is 0.248 e. The molecule has 0 radical (unpaired) electrons. The second-order valence-corrected chi connectivity index (χ2v) is 12.6. The maximum atomic E-state index is 13.9. The molecule has 11 nitrogen and oxygen atoms in total. The molecule has 12 heteroatoms. The molecular formula is C31H32BrN7O4. The molecule has 2 aliphatic rings. The third-order valence-corrected chi connectivity index (χ3v) is 8.94. The fourth-order valence-electron chi connectivity index (χ4n) is 6.18. The number of ketones is 1. The van der Waals surface area contributed by atoms with E-state index in [0.717, 1.165) is 28.7 Å². The number of aryl methyl sites for hydroxylation is 2. The number of nitrogens with one attached hydrogen (secondary N) is 1. The van der Waals surface area contributed by atoms with Crippen molar-refractivity contribution in [3.8, 4) is 11.1 Å². The number of carbonyl (C=O) groups excluding carboxylic acids is 3. The quantitative estimate of drug-likeness (QED) is 0.217. The molecule has 4 aromatic rings. The highest BCUT2D eigenvalue weighted by molar-refractivity contribution is 9.10. The molecule has 222 valence electrons. The van der Waals surface area contributed by atoms with Crippen molar-refractivity contribution in [2.75, 3.05) is 12.4 Å². The zero-order valence-corrected chi connectivity index (χ0v) is 26.2. The van der Waals surface area contributed by atoms with Crippen LogP contribution < -0.4 is 5.32 Å². The number of fused-ring (bicyclic) bond motifs is 2. The Labute approximate surface area is 257 Å². The summed E-state index contributed by atoms with van der Waals surface area (Å²) in [5, 5.41) is 8.19. The summed E-state index contributed by atoms with van der Waals surface area (Å²) < 4.78 is 7.31. The molecule has 3 aromatic heterocycles. The molecule has 1 saturated carbocycles. The van der Waals surface area contributed by atoms with Crippen molar-refractivity contribution < 1.29 is 19.1 Å². The van der Waals surface area contributed by atoms with E-state index in [2.05, 4.69) is 48.2 Å². The Balaban J connectivity index is 1.30. The maximum Gasteiger partial charge on any atom is 0.248 e. The molecule has 43 heavy (non-hydrogen) atoms. The number of aromatic nitrogens is 5. The van der Waals surface area contributed by atoms with Crippen molar-refractivity contribution in [1.29, 1.82) is 0 Å². The van der Waals surface area contributed by atoms with Crippen molar-refractivity contribution in [2.45, 2.75) is 65.8 Å². The van der Waals surface area contributed by atoms with Gasteiger partial charge in [0.1, 0.15) is 35.3 Å². The minimum absolute atomic E-state index is 0.0183. The van der Waals surface area contributed by atoms with Crippen LogP contribution >= 0.6 is 15.9 Å². The Hall–Kier alpha value is -4.03. The molecule has 0 spiro atoms. The van der Waals surface area contributed by atoms with E-state index in [0.29, 0.717) is 40.2 Å². The van der Waals surface area contributed by atoms with Crippen molar-refractivity contribution in [3.63, 3.8) is 0 Å². The molecule has 0 bridgehead atoms. The highest BCUT2D eigenvalue weighted by atomic mass is 79.9. The average Bonchev–Trinajstić information content (AvgIpc) is 3.31. The lowest BCUT2D eigenvalue weighted by Crippen LogP contribution is -2.47. The van der Waals surface area contributed by atoms with Crippen LogP contribution in [0.5, 0.6) is 0 Å². The van der Waals surface area contributed by atoms with Gasteiger partial charge in [0, 0.05) is 43.4 Å². The highest BCUT2D eigenvalue weighted by Crippen LogP contribution is 2.59. The lowest BCUT2D eigenvalue weighted by Gasteiger charge is -2.27. The predicted molar refractivity (Wildman–Crippen MR) is 163 cm³/mol. The van der Waals surface area contributed by atoms with Gasteiger partial charge in [0.05, 0.1) is 5.52 Å². The number of anilines is 1. The molecule has 1 aliphatic carbocycles. The van der Waals surface area contributed by atoms with Crippen molar-refractivity contribution >= 4 is 50.2 Å². The summed E-state index contributed by atoms with van der Waals surface area (Å²) in [6.45, 7) is 7.60. The number of benzene rings is 1. The van der Waals surface area contributed by atoms with Gasteiger partial charge in [-0.1, -0.05) is 13.0 Å². The molecule has 4 heterocycles. The monoisotopic (exact) mass is 645 g/mol. The number of hydrogen-bond acceptors (Lipinski definition) is 8. The average molecular weight is 647 g/mol. The first kappa shape index (κ1) is 29.1. The molecule has 6 rings (SSSR count).